The van der Waals surface area contributed by atoms with Crippen molar-refractivity contribution in [3.8, 4) is 0 Å². The Morgan fingerprint density at radius 1 is 1.42 bits per heavy atom. The van der Waals surface area contributed by atoms with Gasteiger partial charge in [0.15, 0.2) is 0 Å². The molecule has 1 heterocycles. The van der Waals surface area contributed by atoms with Gasteiger partial charge in [-0.15, -0.1) is 0 Å². The van der Waals surface area contributed by atoms with Crippen LogP contribution in [0.5, 0.6) is 0 Å². The summed E-state index contributed by atoms with van der Waals surface area (Å²) in [7, 11) is 1.89. The number of rotatable bonds is 2. The van der Waals surface area contributed by atoms with E-state index in [1.807, 2.05) is 48.8 Å². The molecule has 0 bridgehead atoms. The summed E-state index contributed by atoms with van der Waals surface area (Å²) in [4.78, 5) is 14.6. The van der Waals surface area contributed by atoms with E-state index in [1.54, 1.807) is 0 Å². The first kappa shape index (κ1) is 14.3. The number of benzene rings is 1. The van der Waals surface area contributed by atoms with Crippen molar-refractivity contribution in [2.75, 3.05) is 31.2 Å². The molecule has 1 aliphatic heterocycles. The molecule has 1 amide bonds. The molecule has 2 rings (SSSR count). The quantitative estimate of drug-likeness (QED) is 0.902. The van der Waals surface area contributed by atoms with Gasteiger partial charge in [-0.25, -0.2) is 0 Å². The molecule has 1 fully saturated rings. The Labute approximate surface area is 119 Å². The lowest BCUT2D eigenvalue weighted by molar-refractivity contribution is 0.0747. The van der Waals surface area contributed by atoms with Crippen LogP contribution < -0.4 is 5.32 Å². The van der Waals surface area contributed by atoms with Crippen molar-refractivity contribution in [3.63, 3.8) is 0 Å². The van der Waals surface area contributed by atoms with Gasteiger partial charge < -0.3 is 10.2 Å². The van der Waals surface area contributed by atoms with Crippen molar-refractivity contribution in [3.05, 3.63) is 29.3 Å². The van der Waals surface area contributed by atoms with Gasteiger partial charge in [0.05, 0.1) is 0 Å². The van der Waals surface area contributed by atoms with E-state index in [-0.39, 0.29) is 10.7 Å². The highest BCUT2D eigenvalue weighted by atomic mass is 32.2. The highest BCUT2D eigenvalue weighted by Crippen LogP contribution is 2.30. The Balaban J connectivity index is 2.20. The van der Waals surface area contributed by atoms with Crippen LogP contribution in [0.25, 0.3) is 0 Å². The molecule has 3 nitrogen and oxygen atoms in total. The molecule has 1 aromatic rings. The normalized spacial score (nSPS) is 18.2. The van der Waals surface area contributed by atoms with Crippen molar-refractivity contribution in [1.29, 1.82) is 0 Å². The molecule has 0 atom stereocenters. The molecule has 0 radical (unpaired) electrons. The predicted octanol–water partition coefficient (Wildman–Crippen LogP) is 3.00. The number of nitrogens with one attached hydrogen (secondary N) is 1. The van der Waals surface area contributed by atoms with E-state index in [2.05, 4.69) is 19.2 Å². The first-order valence-electron chi connectivity index (χ1n) is 6.64. The minimum atomic E-state index is 0.159. The van der Waals surface area contributed by atoms with Crippen LogP contribution in [0, 0.1) is 6.92 Å². The van der Waals surface area contributed by atoms with Crippen molar-refractivity contribution in [2.24, 2.45) is 0 Å². The van der Waals surface area contributed by atoms with E-state index in [4.69, 9.17) is 0 Å². The van der Waals surface area contributed by atoms with Gasteiger partial charge in [0.1, 0.15) is 0 Å². The zero-order chi connectivity index (χ0) is 14.0. The van der Waals surface area contributed by atoms with Crippen LogP contribution in [0.2, 0.25) is 0 Å². The van der Waals surface area contributed by atoms with Crippen LogP contribution in [0.4, 0.5) is 5.69 Å². The van der Waals surface area contributed by atoms with Gasteiger partial charge in [0.25, 0.3) is 5.91 Å². The van der Waals surface area contributed by atoms with Crippen LogP contribution in [-0.2, 0) is 0 Å². The van der Waals surface area contributed by atoms with Gasteiger partial charge in [0, 0.05) is 41.9 Å². The molecule has 0 spiro atoms. The molecule has 0 aliphatic carbocycles. The summed E-state index contributed by atoms with van der Waals surface area (Å²) >= 11 is 1.94. The van der Waals surface area contributed by atoms with Crippen LogP contribution in [0.15, 0.2) is 18.2 Å². The molecule has 0 saturated carbocycles. The minimum Gasteiger partial charge on any atom is -0.388 e. The van der Waals surface area contributed by atoms with E-state index in [0.29, 0.717) is 0 Å². The zero-order valence-corrected chi connectivity index (χ0v) is 12.9. The highest BCUT2D eigenvalue weighted by Gasteiger charge is 2.30. The van der Waals surface area contributed by atoms with Crippen molar-refractivity contribution >= 4 is 23.4 Å². The largest absolute Gasteiger partial charge is 0.388 e. The lowest BCUT2D eigenvalue weighted by atomic mass is 10.1. The van der Waals surface area contributed by atoms with Gasteiger partial charge in [-0.05, 0) is 44.5 Å². The zero-order valence-electron chi connectivity index (χ0n) is 12.1. The standard InChI is InChI=1S/C15H22N2OS/c1-11-9-12(16-4)5-6-13(11)14(18)17-7-8-19-15(2,3)10-17/h5-6,9,16H,7-8,10H2,1-4H3. The summed E-state index contributed by atoms with van der Waals surface area (Å²) in [5.74, 6) is 1.18. The first-order chi connectivity index (χ1) is 8.93. The fraction of sp³-hybridized carbons (Fsp3) is 0.533. The summed E-state index contributed by atoms with van der Waals surface area (Å²) in [6, 6.07) is 5.92. The maximum atomic E-state index is 12.6. The van der Waals surface area contributed by atoms with Gasteiger partial charge in [-0.3, -0.25) is 4.79 Å². The lowest BCUT2D eigenvalue weighted by Gasteiger charge is -2.37. The molecule has 1 aliphatic rings. The molecule has 104 valence electrons. The summed E-state index contributed by atoms with van der Waals surface area (Å²) in [5, 5.41) is 3.10. The SMILES string of the molecule is CNc1ccc(C(=O)N2CCSC(C)(C)C2)c(C)c1. The van der Waals surface area contributed by atoms with Gasteiger partial charge >= 0.3 is 0 Å². The number of thioether (sulfide) groups is 1. The molecule has 0 unspecified atom stereocenters. The maximum Gasteiger partial charge on any atom is 0.254 e. The summed E-state index contributed by atoms with van der Waals surface area (Å²) in [6.45, 7) is 8.07. The van der Waals surface area contributed by atoms with E-state index >= 15 is 0 Å². The van der Waals surface area contributed by atoms with Crippen molar-refractivity contribution in [1.82, 2.24) is 4.90 Å². The third-order valence-corrected chi connectivity index (χ3v) is 4.76. The minimum absolute atomic E-state index is 0.159. The monoisotopic (exact) mass is 278 g/mol. The summed E-state index contributed by atoms with van der Waals surface area (Å²) in [6.07, 6.45) is 0. The molecule has 0 aromatic heterocycles. The summed E-state index contributed by atoms with van der Waals surface area (Å²) in [5.41, 5.74) is 2.90. The molecular formula is C15H22N2OS. The Morgan fingerprint density at radius 3 is 2.74 bits per heavy atom. The smallest absolute Gasteiger partial charge is 0.254 e. The molecule has 4 heteroatoms. The van der Waals surface area contributed by atoms with Crippen LogP contribution >= 0.6 is 11.8 Å². The first-order valence-corrected chi connectivity index (χ1v) is 7.63. The third-order valence-electron chi connectivity index (χ3n) is 3.46. The summed E-state index contributed by atoms with van der Waals surface area (Å²) < 4.78 is 0.159. The number of anilines is 1. The number of nitrogens with zero attached hydrogens (tertiary/aromatic N) is 1. The van der Waals surface area contributed by atoms with Crippen molar-refractivity contribution in [2.45, 2.75) is 25.5 Å². The number of amides is 1. The van der Waals surface area contributed by atoms with E-state index < -0.39 is 0 Å². The van der Waals surface area contributed by atoms with Crippen molar-refractivity contribution < 1.29 is 4.79 Å². The Bertz CT molecular complexity index is 485. The average Bonchev–Trinajstić information content (AvgIpc) is 2.36. The van der Waals surface area contributed by atoms with Crippen LogP contribution in [0.3, 0.4) is 0 Å². The van der Waals surface area contributed by atoms with E-state index in [1.165, 1.54) is 0 Å². The Morgan fingerprint density at radius 2 is 2.16 bits per heavy atom. The van der Waals surface area contributed by atoms with Gasteiger partial charge in [0.2, 0.25) is 0 Å². The third kappa shape index (κ3) is 3.24. The number of hydrogen-bond donors (Lipinski definition) is 1. The fourth-order valence-electron chi connectivity index (χ4n) is 2.42. The number of carbonyl (C=O) groups is 1. The number of hydrogen-bond acceptors (Lipinski definition) is 3. The van der Waals surface area contributed by atoms with Gasteiger partial charge in [-0.2, -0.15) is 11.8 Å². The van der Waals surface area contributed by atoms with Gasteiger partial charge in [-0.1, -0.05) is 0 Å². The second kappa shape index (κ2) is 5.45. The molecule has 1 aromatic carbocycles. The van der Waals surface area contributed by atoms with E-state index in [0.717, 1.165) is 35.7 Å². The molecular weight excluding hydrogens is 256 g/mol. The Hall–Kier alpha value is -1.16. The second-order valence-electron chi connectivity index (χ2n) is 5.61. The van der Waals surface area contributed by atoms with Crippen LogP contribution in [0.1, 0.15) is 29.8 Å². The van der Waals surface area contributed by atoms with Crippen LogP contribution in [-0.4, -0.2) is 41.4 Å². The molecule has 1 N–H and O–H groups in total. The second-order valence-corrected chi connectivity index (χ2v) is 7.42. The number of aryl methyl sites for hydroxylation is 1. The number of carbonyl (C=O) groups excluding carboxylic acids is 1. The Kier molecular flexibility index (Phi) is 4.09. The maximum absolute atomic E-state index is 12.6. The molecule has 1 saturated heterocycles. The van der Waals surface area contributed by atoms with E-state index in [9.17, 15) is 4.79 Å². The predicted molar refractivity (Wildman–Crippen MR) is 83.2 cm³/mol. The molecule has 19 heavy (non-hydrogen) atoms. The fourth-order valence-corrected chi connectivity index (χ4v) is 3.53. The average molecular weight is 278 g/mol. The highest BCUT2D eigenvalue weighted by molar-refractivity contribution is 8.00. The topological polar surface area (TPSA) is 32.3 Å². The lowest BCUT2D eigenvalue weighted by Crippen LogP contribution is -2.46.